The molecule has 17 heavy (non-hydrogen) atoms. The largest absolute Gasteiger partial charge is 0.490 e. The second-order valence-electron chi connectivity index (χ2n) is 3.39. The molecule has 0 saturated heterocycles. The Balaban J connectivity index is 2.59. The molecule has 0 bridgehead atoms. The average Bonchev–Trinajstić information content (AvgIpc) is 2.56. The summed E-state index contributed by atoms with van der Waals surface area (Å²) < 4.78 is 35.6. The maximum Gasteiger partial charge on any atom is 0.490 e. The fraction of sp³-hybridized carbons (Fsp3) is 0.625. The summed E-state index contributed by atoms with van der Waals surface area (Å²) >= 11 is 0. The highest BCUT2D eigenvalue weighted by Gasteiger charge is 2.19. The molecule has 0 aliphatic rings. The predicted octanol–water partition coefficient (Wildman–Crippen LogP) is 0.158. The molecule has 0 aliphatic carbocycles. The van der Waals surface area contributed by atoms with Crippen LogP contribution >= 0.6 is 0 Å². The van der Waals surface area contributed by atoms with Crippen LogP contribution in [0.25, 0.3) is 0 Å². The van der Waals surface area contributed by atoms with E-state index in [1.54, 1.807) is 28.6 Å². The lowest BCUT2D eigenvalue weighted by Gasteiger charge is -2.00. The van der Waals surface area contributed by atoms with Gasteiger partial charge in [-0.3, -0.25) is 4.55 Å². The van der Waals surface area contributed by atoms with Gasteiger partial charge in [0.25, 0.3) is 0 Å². The number of imidazole rings is 1. The van der Waals surface area contributed by atoms with Gasteiger partial charge in [0.2, 0.25) is 0 Å². The Hall–Kier alpha value is -1.16. The van der Waals surface area contributed by atoms with E-state index in [-0.39, 0.29) is 6.01 Å². The van der Waals surface area contributed by atoms with E-state index in [1.165, 1.54) is 0 Å². The van der Waals surface area contributed by atoms with Crippen molar-refractivity contribution in [3.8, 4) is 6.01 Å². The highest BCUT2D eigenvalue weighted by atomic mass is 32.3. The summed E-state index contributed by atoms with van der Waals surface area (Å²) in [6, 6.07) is 0.252. The highest BCUT2D eigenvalue weighted by molar-refractivity contribution is 7.80. The van der Waals surface area contributed by atoms with Gasteiger partial charge in [-0.25, -0.2) is 4.89 Å². The van der Waals surface area contributed by atoms with E-state index in [4.69, 9.17) is 4.55 Å². The number of rotatable bonds is 7. The summed E-state index contributed by atoms with van der Waals surface area (Å²) in [4.78, 5) is 4.65. The number of nitrogens with zero attached hydrogens (tertiary/aromatic N) is 2. The van der Waals surface area contributed by atoms with Crippen LogP contribution in [-0.2, 0) is 33.4 Å². The minimum Gasteiger partial charge on any atom is -0.262 e. The molecule has 98 valence electrons. The van der Waals surface area contributed by atoms with Gasteiger partial charge in [0.05, 0.1) is 13.6 Å². The molecular formula is C8H15N2O6S+. The van der Waals surface area contributed by atoms with Crippen LogP contribution in [0.3, 0.4) is 0 Å². The first-order chi connectivity index (χ1) is 7.94. The molecule has 0 aliphatic heterocycles. The van der Waals surface area contributed by atoms with E-state index >= 15 is 0 Å². The standard InChI is InChI=1S/C8H14N2O6S/c1-3-4-5-10-7-6-9(2)8(10)14-15-16-17(11,12)13/h6-7H,3-5H2,1-2H3/p+1. The number of unbranched alkanes of at least 4 members (excludes halogenated alkanes) is 1. The number of hydrogen-bond acceptors (Lipinski definition) is 5. The van der Waals surface area contributed by atoms with E-state index in [1.807, 2.05) is 6.92 Å². The average molecular weight is 267 g/mol. The third-order valence-corrected chi connectivity index (χ3v) is 2.22. The number of hydrogen-bond donors (Lipinski definition) is 1. The van der Waals surface area contributed by atoms with Gasteiger partial charge in [0, 0.05) is 5.04 Å². The highest BCUT2D eigenvalue weighted by Crippen LogP contribution is 2.07. The monoisotopic (exact) mass is 267 g/mol. The van der Waals surface area contributed by atoms with Crippen LogP contribution in [0.4, 0.5) is 0 Å². The van der Waals surface area contributed by atoms with Crippen molar-refractivity contribution in [3.05, 3.63) is 12.4 Å². The van der Waals surface area contributed by atoms with Gasteiger partial charge in [0.1, 0.15) is 12.4 Å². The topological polar surface area (TPSA) is 90.9 Å². The first kappa shape index (κ1) is 13.9. The molecule has 0 aromatic carbocycles. The van der Waals surface area contributed by atoms with Crippen molar-refractivity contribution in [2.24, 2.45) is 7.05 Å². The fourth-order valence-electron chi connectivity index (χ4n) is 1.20. The fourth-order valence-corrected chi connectivity index (χ4v) is 1.29. The molecule has 1 aromatic heterocycles. The van der Waals surface area contributed by atoms with Crippen LogP contribution in [-0.4, -0.2) is 17.5 Å². The van der Waals surface area contributed by atoms with Gasteiger partial charge in [-0.2, -0.15) is 17.6 Å². The van der Waals surface area contributed by atoms with Crippen molar-refractivity contribution in [1.82, 2.24) is 4.57 Å². The predicted molar refractivity (Wildman–Crippen MR) is 54.9 cm³/mol. The summed E-state index contributed by atoms with van der Waals surface area (Å²) in [7, 11) is -3.00. The van der Waals surface area contributed by atoms with Crippen LogP contribution in [0.1, 0.15) is 19.8 Å². The normalized spacial score (nSPS) is 11.7. The molecule has 0 fully saturated rings. The molecule has 1 heterocycles. The Kier molecular flexibility index (Phi) is 4.87. The van der Waals surface area contributed by atoms with Crippen LogP contribution in [0.2, 0.25) is 0 Å². The van der Waals surface area contributed by atoms with Crippen LogP contribution in [0, 0.1) is 0 Å². The summed E-state index contributed by atoms with van der Waals surface area (Å²) in [5.74, 6) is 0. The Morgan fingerprint density at radius 1 is 1.53 bits per heavy atom. The van der Waals surface area contributed by atoms with Gasteiger partial charge < -0.3 is 0 Å². The molecule has 1 N–H and O–H groups in total. The molecular weight excluding hydrogens is 252 g/mol. The number of aromatic nitrogens is 2. The quantitative estimate of drug-likeness (QED) is 0.327. The van der Waals surface area contributed by atoms with Crippen molar-refractivity contribution in [1.29, 1.82) is 0 Å². The van der Waals surface area contributed by atoms with Crippen molar-refractivity contribution in [2.45, 2.75) is 26.3 Å². The van der Waals surface area contributed by atoms with Crippen molar-refractivity contribution in [3.63, 3.8) is 0 Å². The molecule has 0 amide bonds. The summed E-state index contributed by atoms with van der Waals surface area (Å²) in [5.41, 5.74) is 0. The Labute approximate surface area is 99.1 Å². The Morgan fingerprint density at radius 3 is 2.82 bits per heavy atom. The molecule has 1 rings (SSSR count). The Bertz CT molecular complexity index is 455. The lowest BCUT2D eigenvalue weighted by molar-refractivity contribution is -0.692. The van der Waals surface area contributed by atoms with Gasteiger partial charge in [-0.15, -0.1) is 0 Å². The smallest absolute Gasteiger partial charge is 0.262 e. The first-order valence-electron chi connectivity index (χ1n) is 4.99. The van der Waals surface area contributed by atoms with Crippen molar-refractivity contribution in [2.75, 3.05) is 0 Å². The van der Waals surface area contributed by atoms with Gasteiger partial charge in [-0.1, -0.05) is 13.3 Å². The molecule has 0 radical (unpaired) electrons. The van der Waals surface area contributed by atoms with Crippen LogP contribution in [0.15, 0.2) is 12.4 Å². The van der Waals surface area contributed by atoms with Gasteiger partial charge in [-0.05, 0) is 10.8 Å². The SMILES string of the molecule is CCCCn1cc[n+](C)c1OOOS(=O)(=O)O. The zero-order valence-corrected chi connectivity index (χ0v) is 10.4. The second-order valence-corrected chi connectivity index (χ2v) is 4.38. The van der Waals surface area contributed by atoms with Gasteiger partial charge in [0.15, 0.2) is 0 Å². The summed E-state index contributed by atoms with van der Waals surface area (Å²) in [6.45, 7) is 2.74. The molecule has 0 unspecified atom stereocenters. The molecule has 0 saturated carbocycles. The molecule has 0 spiro atoms. The molecule has 1 aromatic rings. The lowest BCUT2D eigenvalue weighted by Crippen LogP contribution is -2.29. The van der Waals surface area contributed by atoms with E-state index in [9.17, 15) is 8.42 Å². The minimum atomic E-state index is -4.69. The molecule has 9 heteroatoms. The number of aryl methyl sites for hydroxylation is 2. The third-order valence-electron chi connectivity index (χ3n) is 1.99. The molecule has 8 nitrogen and oxygen atoms in total. The second kappa shape index (κ2) is 5.96. The van der Waals surface area contributed by atoms with E-state index in [2.05, 4.69) is 14.3 Å². The zero-order valence-electron chi connectivity index (χ0n) is 9.57. The zero-order chi connectivity index (χ0) is 12.9. The van der Waals surface area contributed by atoms with E-state index in [0.29, 0.717) is 6.54 Å². The summed E-state index contributed by atoms with van der Waals surface area (Å²) in [6.07, 6.45) is 5.40. The maximum atomic E-state index is 10.2. The molecule has 0 atom stereocenters. The van der Waals surface area contributed by atoms with Crippen molar-refractivity contribution >= 4 is 10.4 Å². The van der Waals surface area contributed by atoms with Crippen LogP contribution < -0.4 is 9.45 Å². The lowest BCUT2D eigenvalue weighted by atomic mass is 10.3. The minimum absolute atomic E-state index is 0.252. The maximum absolute atomic E-state index is 10.2. The Morgan fingerprint density at radius 2 is 2.24 bits per heavy atom. The van der Waals surface area contributed by atoms with E-state index < -0.39 is 10.4 Å². The first-order valence-corrected chi connectivity index (χ1v) is 6.35. The van der Waals surface area contributed by atoms with Crippen molar-refractivity contribution < 1.29 is 31.8 Å². The van der Waals surface area contributed by atoms with E-state index in [0.717, 1.165) is 12.8 Å². The summed E-state index contributed by atoms with van der Waals surface area (Å²) in [5, 5.41) is 3.96. The van der Waals surface area contributed by atoms with Crippen LogP contribution in [0.5, 0.6) is 6.01 Å². The van der Waals surface area contributed by atoms with Gasteiger partial charge >= 0.3 is 16.4 Å². The third kappa shape index (κ3) is 4.69.